The second kappa shape index (κ2) is 7.25. The average molecular weight is 379 g/mol. The van der Waals surface area contributed by atoms with Crippen LogP contribution in [-0.4, -0.2) is 12.1 Å². The van der Waals surface area contributed by atoms with Gasteiger partial charge in [0.25, 0.3) is 0 Å². The van der Waals surface area contributed by atoms with E-state index in [-0.39, 0.29) is 5.63 Å². The van der Waals surface area contributed by atoms with Crippen LogP contribution in [0.2, 0.25) is 0 Å². The highest BCUT2D eigenvalue weighted by atomic mass is 32.1. The van der Waals surface area contributed by atoms with Crippen molar-refractivity contribution in [1.82, 2.24) is 4.98 Å². The number of ether oxygens (including phenoxy) is 2. The van der Waals surface area contributed by atoms with Crippen LogP contribution in [0.1, 0.15) is 11.3 Å². The molecule has 136 valence electrons. The van der Waals surface area contributed by atoms with Crippen molar-refractivity contribution in [2.24, 2.45) is 0 Å². The Morgan fingerprint density at radius 3 is 2.85 bits per heavy atom. The Labute approximate surface area is 159 Å². The van der Waals surface area contributed by atoms with E-state index < -0.39 is 0 Å². The molecule has 5 nitrogen and oxygen atoms in total. The van der Waals surface area contributed by atoms with Crippen molar-refractivity contribution in [3.8, 4) is 22.1 Å². The standard InChI is InChI=1S/C21H17NO4S/c1-13-8-20(23)26-19-10-17(6-7-18(13)19)25-11-15-12-27-21(22-15)14-4-3-5-16(9-14)24-2/h3-10,12H,11H2,1-2H3. The number of benzene rings is 2. The van der Waals surface area contributed by atoms with Gasteiger partial charge in [-0.1, -0.05) is 12.1 Å². The molecule has 27 heavy (non-hydrogen) atoms. The third kappa shape index (κ3) is 3.71. The molecule has 0 fully saturated rings. The highest BCUT2D eigenvalue weighted by Gasteiger charge is 2.08. The van der Waals surface area contributed by atoms with Gasteiger partial charge in [0.15, 0.2) is 0 Å². The molecular formula is C21H17NO4S. The topological polar surface area (TPSA) is 61.6 Å². The lowest BCUT2D eigenvalue weighted by atomic mass is 10.1. The summed E-state index contributed by atoms with van der Waals surface area (Å²) in [4.78, 5) is 16.2. The molecule has 4 aromatic rings. The van der Waals surface area contributed by atoms with Crippen molar-refractivity contribution >= 4 is 22.3 Å². The molecule has 0 aliphatic carbocycles. The third-order valence-electron chi connectivity index (χ3n) is 4.18. The summed E-state index contributed by atoms with van der Waals surface area (Å²) in [6.07, 6.45) is 0. The smallest absolute Gasteiger partial charge is 0.336 e. The fourth-order valence-corrected chi connectivity index (χ4v) is 3.62. The van der Waals surface area contributed by atoms with Gasteiger partial charge in [0, 0.05) is 28.5 Å². The molecule has 2 aromatic carbocycles. The number of nitrogens with zero attached hydrogens (tertiary/aromatic N) is 1. The van der Waals surface area contributed by atoms with E-state index in [9.17, 15) is 4.79 Å². The van der Waals surface area contributed by atoms with E-state index in [4.69, 9.17) is 13.9 Å². The zero-order valence-electron chi connectivity index (χ0n) is 14.9. The van der Waals surface area contributed by atoms with Crippen molar-refractivity contribution in [1.29, 1.82) is 0 Å². The van der Waals surface area contributed by atoms with Crippen molar-refractivity contribution in [2.75, 3.05) is 7.11 Å². The first kappa shape index (κ1) is 17.3. The minimum absolute atomic E-state index is 0.335. The lowest BCUT2D eigenvalue weighted by Crippen LogP contribution is -1.99. The van der Waals surface area contributed by atoms with Gasteiger partial charge < -0.3 is 13.9 Å². The van der Waals surface area contributed by atoms with Gasteiger partial charge in [-0.25, -0.2) is 9.78 Å². The minimum atomic E-state index is -0.361. The number of methoxy groups -OCH3 is 1. The monoisotopic (exact) mass is 379 g/mol. The molecule has 0 aliphatic heterocycles. The summed E-state index contributed by atoms with van der Waals surface area (Å²) < 4.78 is 16.4. The van der Waals surface area contributed by atoms with Gasteiger partial charge in [-0.05, 0) is 36.8 Å². The highest BCUT2D eigenvalue weighted by molar-refractivity contribution is 7.13. The molecule has 0 radical (unpaired) electrons. The third-order valence-corrected chi connectivity index (χ3v) is 5.12. The summed E-state index contributed by atoms with van der Waals surface area (Å²) >= 11 is 1.56. The predicted octanol–water partition coefficient (Wildman–Crippen LogP) is 4.81. The van der Waals surface area contributed by atoms with Crippen molar-refractivity contribution in [2.45, 2.75) is 13.5 Å². The molecular weight excluding hydrogens is 362 g/mol. The van der Waals surface area contributed by atoms with Gasteiger partial charge in [-0.3, -0.25) is 0 Å². The maximum absolute atomic E-state index is 11.6. The molecule has 6 heteroatoms. The molecule has 0 unspecified atom stereocenters. The zero-order chi connectivity index (χ0) is 18.8. The molecule has 2 heterocycles. The van der Waals surface area contributed by atoms with Crippen LogP contribution in [0, 0.1) is 6.92 Å². The Hall–Kier alpha value is -3.12. The van der Waals surface area contributed by atoms with E-state index in [1.165, 1.54) is 6.07 Å². The molecule has 0 saturated carbocycles. The summed E-state index contributed by atoms with van der Waals surface area (Å²) in [5.74, 6) is 1.43. The van der Waals surface area contributed by atoms with Crippen LogP contribution < -0.4 is 15.1 Å². The molecule has 0 atom stereocenters. The van der Waals surface area contributed by atoms with Crippen LogP contribution >= 0.6 is 11.3 Å². The van der Waals surface area contributed by atoms with E-state index in [2.05, 4.69) is 4.98 Å². The Bertz CT molecular complexity index is 1160. The van der Waals surface area contributed by atoms with Gasteiger partial charge >= 0.3 is 5.63 Å². The van der Waals surface area contributed by atoms with Crippen molar-refractivity contribution < 1.29 is 13.9 Å². The van der Waals surface area contributed by atoms with Crippen LogP contribution in [0.5, 0.6) is 11.5 Å². The lowest BCUT2D eigenvalue weighted by molar-refractivity contribution is 0.302. The molecule has 2 aromatic heterocycles. The Morgan fingerprint density at radius 1 is 1.11 bits per heavy atom. The second-order valence-electron chi connectivity index (χ2n) is 6.07. The zero-order valence-corrected chi connectivity index (χ0v) is 15.7. The lowest BCUT2D eigenvalue weighted by Gasteiger charge is -2.06. The number of thiazole rings is 1. The quantitative estimate of drug-likeness (QED) is 0.466. The number of fused-ring (bicyclic) bond motifs is 1. The number of rotatable bonds is 5. The Morgan fingerprint density at radius 2 is 2.00 bits per heavy atom. The van der Waals surface area contributed by atoms with Crippen LogP contribution in [0.15, 0.2) is 63.1 Å². The first-order chi connectivity index (χ1) is 13.1. The molecule has 0 aliphatic rings. The second-order valence-corrected chi connectivity index (χ2v) is 6.93. The highest BCUT2D eigenvalue weighted by Crippen LogP contribution is 2.28. The first-order valence-electron chi connectivity index (χ1n) is 8.38. The maximum Gasteiger partial charge on any atom is 0.336 e. The Kier molecular flexibility index (Phi) is 4.64. The predicted molar refractivity (Wildman–Crippen MR) is 106 cm³/mol. The van der Waals surface area contributed by atoms with Crippen molar-refractivity contribution in [3.63, 3.8) is 0 Å². The van der Waals surface area contributed by atoms with Gasteiger partial charge in [0.05, 0.1) is 12.8 Å². The van der Waals surface area contributed by atoms with Gasteiger partial charge in [-0.2, -0.15) is 0 Å². The summed E-state index contributed by atoms with van der Waals surface area (Å²) in [5, 5.41) is 3.78. The van der Waals surface area contributed by atoms with E-state index in [0.717, 1.165) is 33.0 Å². The molecule has 4 rings (SSSR count). The van der Waals surface area contributed by atoms with Gasteiger partial charge in [0.2, 0.25) is 0 Å². The molecule has 0 N–H and O–H groups in total. The summed E-state index contributed by atoms with van der Waals surface area (Å²) in [5.41, 5.74) is 2.89. The maximum atomic E-state index is 11.6. The minimum Gasteiger partial charge on any atom is -0.497 e. The van der Waals surface area contributed by atoms with Crippen LogP contribution in [0.3, 0.4) is 0 Å². The largest absolute Gasteiger partial charge is 0.497 e. The molecule has 0 spiro atoms. The normalized spacial score (nSPS) is 10.9. The van der Waals surface area contributed by atoms with Crippen molar-refractivity contribution in [3.05, 3.63) is 75.6 Å². The van der Waals surface area contributed by atoms with E-state index in [1.807, 2.05) is 48.7 Å². The molecule has 0 amide bonds. The SMILES string of the molecule is COc1cccc(-c2nc(COc3ccc4c(C)cc(=O)oc4c3)cs2)c1. The Balaban J connectivity index is 1.51. The van der Waals surface area contributed by atoms with E-state index in [1.54, 1.807) is 24.5 Å². The van der Waals surface area contributed by atoms with Gasteiger partial charge in [0.1, 0.15) is 28.7 Å². The fraction of sp³-hybridized carbons (Fsp3) is 0.143. The number of hydrogen-bond donors (Lipinski definition) is 0. The average Bonchev–Trinajstić information content (AvgIpc) is 3.15. The first-order valence-corrected chi connectivity index (χ1v) is 9.26. The number of hydrogen-bond acceptors (Lipinski definition) is 6. The summed E-state index contributed by atoms with van der Waals surface area (Å²) in [6, 6.07) is 14.8. The molecule has 0 saturated heterocycles. The fourth-order valence-electron chi connectivity index (χ4n) is 2.81. The summed E-state index contributed by atoms with van der Waals surface area (Å²) in [6.45, 7) is 2.22. The van der Waals surface area contributed by atoms with Crippen LogP contribution in [0.4, 0.5) is 0 Å². The molecule has 0 bridgehead atoms. The number of aromatic nitrogens is 1. The van der Waals surface area contributed by atoms with E-state index >= 15 is 0 Å². The van der Waals surface area contributed by atoms with Crippen LogP contribution in [0.25, 0.3) is 21.5 Å². The van der Waals surface area contributed by atoms with E-state index in [0.29, 0.717) is 17.9 Å². The van der Waals surface area contributed by atoms with Gasteiger partial charge in [-0.15, -0.1) is 11.3 Å². The summed E-state index contributed by atoms with van der Waals surface area (Å²) in [7, 11) is 1.65. The number of aryl methyl sites for hydroxylation is 1. The van der Waals surface area contributed by atoms with Crippen LogP contribution in [-0.2, 0) is 6.61 Å².